The number of amides is 1. The summed E-state index contributed by atoms with van der Waals surface area (Å²) in [6, 6.07) is 20.1. The highest BCUT2D eigenvalue weighted by atomic mass is 32.2. The van der Waals surface area contributed by atoms with Crippen LogP contribution < -0.4 is 5.32 Å². The summed E-state index contributed by atoms with van der Waals surface area (Å²) in [5.41, 5.74) is 3.20. The van der Waals surface area contributed by atoms with Gasteiger partial charge in [0.2, 0.25) is 10.0 Å². The Bertz CT molecular complexity index is 1440. The minimum absolute atomic E-state index is 0.140. The van der Waals surface area contributed by atoms with Gasteiger partial charge in [-0.3, -0.25) is 4.79 Å². The molecule has 1 saturated heterocycles. The molecule has 0 spiro atoms. The predicted octanol–water partition coefficient (Wildman–Crippen LogP) is 4.54. The first kappa shape index (κ1) is 22.7. The lowest BCUT2D eigenvalue weighted by atomic mass is 10.1. The van der Waals surface area contributed by atoms with Gasteiger partial charge >= 0.3 is 0 Å². The van der Waals surface area contributed by atoms with Crippen molar-refractivity contribution in [3.05, 3.63) is 77.9 Å². The van der Waals surface area contributed by atoms with Crippen LogP contribution in [-0.4, -0.2) is 49.9 Å². The molecule has 3 aromatic carbocycles. The van der Waals surface area contributed by atoms with Crippen LogP contribution in [0.25, 0.3) is 20.8 Å². The van der Waals surface area contributed by atoms with Crippen molar-refractivity contribution in [3.8, 4) is 10.6 Å². The molecular formula is C25H23N3O4S2. The highest BCUT2D eigenvalue weighted by Gasteiger charge is 2.28. The van der Waals surface area contributed by atoms with Crippen LogP contribution in [0.15, 0.2) is 71.6 Å². The quantitative estimate of drug-likeness (QED) is 0.441. The number of rotatable bonds is 5. The summed E-state index contributed by atoms with van der Waals surface area (Å²) in [6.07, 6.45) is 0. The molecule has 1 aliphatic heterocycles. The lowest BCUT2D eigenvalue weighted by molar-refractivity contribution is 0.0730. The molecule has 0 bridgehead atoms. The monoisotopic (exact) mass is 493 g/mol. The number of nitrogens with one attached hydrogen (secondary N) is 1. The summed E-state index contributed by atoms with van der Waals surface area (Å²) >= 11 is 1.55. The van der Waals surface area contributed by atoms with Crippen molar-refractivity contribution in [2.75, 3.05) is 31.6 Å². The van der Waals surface area contributed by atoms with Crippen molar-refractivity contribution in [3.63, 3.8) is 0 Å². The zero-order chi connectivity index (χ0) is 23.7. The Morgan fingerprint density at radius 2 is 1.76 bits per heavy atom. The lowest BCUT2D eigenvalue weighted by Gasteiger charge is -2.26. The Kier molecular flexibility index (Phi) is 6.18. The van der Waals surface area contributed by atoms with Crippen molar-refractivity contribution < 1.29 is 17.9 Å². The molecule has 0 unspecified atom stereocenters. The Balaban J connectivity index is 1.45. The number of carbonyl (C=O) groups excluding carboxylic acids is 1. The van der Waals surface area contributed by atoms with E-state index in [1.807, 2.05) is 48.5 Å². The molecule has 5 rings (SSSR count). The average Bonchev–Trinajstić information content (AvgIpc) is 3.29. The van der Waals surface area contributed by atoms with Crippen molar-refractivity contribution in [2.45, 2.75) is 11.8 Å². The van der Waals surface area contributed by atoms with Gasteiger partial charge in [-0.25, -0.2) is 13.4 Å². The number of anilines is 1. The van der Waals surface area contributed by atoms with Gasteiger partial charge in [0.25, 0.3) is 5.91 Å². The summed E-state index contributed by atoms with van der Waals surface area (Å²) in [5.74, 6) is -0.382. The van der Waals surface area contributed by atoms with Crippen molar-refractivity contribution in [2.24, 2.45) is 0 Å². The van der Waals surface area contributed by atoms with E-state index in [9.17, 15) is 13.2 Å². The van der Waals surface area contributed by atoms with Gasteiger partial charge in [-0.1, -0.05) is 30.3 Å². The Hall–Kier alpha value is -3.11. The number of aryl methyl sites for hydroxylation is 1. The van der Waals surface area contributed by atoms with Crippen LogP contribution in [0.2, 0.25) is 0 Å². The maximum absolute atomic E-state index is 13.2. The fourth-order valence-electron chi connectivity index (χ4n) is 3.91. The number of nitrogens with zero attached hydrogens (tertiary/aromatic N) is 2. The lowest BCUT2D eigenvalue weighted by Crippen LogP contribution is -2.40. The molecule has 9 heteroatoms. The molecule has 4 aromatic rings. The topological polar surface area (TPSA) is 88.6 Å². The maximum atomic E-state index is 13.2. The first-order valence-electron chi connectivity index (χ1n) is 10.9. The molecule has 2 heterocycles. The average molecular weight is 494 g/mol. The normalized spacial score (nSPS) is 14.9. The molecule has 1 N–H and O–H groups in total. The van der Waals surface area contributed by atoms with E-state index in [-0.39, 0.29) is 16.4 Å². The van der Waals surface area contributed by atoms with Gasteiger partial charge < -0.3 is 10.1 Å². The molecule has 7 nitrogen and oxygen atoms in total. The second-order valence-corrected chi connectivity index (χ2v) is 10.9. The van der Waals surface area contributed by atoms with Crippen molar-refractivity contribution >= 4 is 43.2 Å². The van der Waals surface area contributed by atoms with Crippen LogP contribution in [0.4, 0.5) is 5.69 Å². The number of aromatic nitrogens is 1. The van der Waals surface area contributed by atoms with Gasteiger partial charge in [-0.15, -0.1) is 11.3 Å². The molecule has 0 radical (unpaired) electrons. The molecule has 0 atom stereocenters. The molecular weight excluding hydrogens is 470 g/mol. The van der Waals surface area contributed by atoms with Crippen LogP contribution >= 0.6 is 11.3 Å². The summed E-state index contributed by atoms with van der Waals surface area (Å²) in [6.45, 7) is 3.06. The van der Waals surface area contributed by atoms with Crippen LogP contribution in [0.1, 0.15) is 15.9 Å². The fourth-order valence-corrected chi connectivity index (χ4v) is 6.57. The first-order valence-corrected chi connectivity index (χ1v) is 13.1. The van der Waals surface area contributed by atoms with Crippen molar-refractivity contribution in [1.29, 1.82) is 0 Å². The van der Waals surface area contributed by atoms with Gasteiger partial charge in [0.1, 0.15) is 5.01 Å². The number of hydrogen-bond acceptors (Lipinski definition) is 6. The van der Waals surface area contributed by atoms with E-state index >= 15 is 0 Å². The van der Waals surface area contributed by atoms with Crippen LogP contribution in [-0.2, 0) is 14.8 Å². The summed E-state index contributed by atoms with van der Waals surface area (Å²) in [7, 11) is -3.72. The number of ether oxygens (including phenoxy) is 1. The molecule has 0 aliphatic carbocycles. The van der Waals surface area contributed by atoms with Gasteiger partial charge in [-0.05, 0) is 48.9 Å². The van der Waals surface area contributed by atoms with Gasteiger partial charge in [0, 0.05) is 24.2 Å². The van der Waals surface area contributed by atoms with Crippen LogP contribution in [0.5, 0.6) is 0 Å². The molecule has 1 aromatic heterocycles. The third-order valence-electron chi connectivity index (χ3n) is 5.74. The third-order valence-corrected chi connectivity index (χ3v) is 8.85. The van der Waals surface area contributed by atoms with Gasteiger partial charge in [-0.2, -0.15) is 4.31 Å². The molecule has 0 saturated carbocycles. The maximum Gasteiger partial charge on any atom is 0.255 e. The number of thiazole rings is 1. The zero-order valence-electron chi connectivity index (χ0n) is 18.5. The molecule has 1 amide bonds. The number of fused-ring (bicyclic) bond motifs is 1. The Morgan fingerprint density at radius 1 is 1.03 bits per heavy atom. The van der Waals surface area contributed by atoms with Gasteiger partial charge in [0.15, 0.2) is 0 Å². The van der Waals surface area contributed by atoms with Crippen LogP contribution in [0.3, 0.4) is 0 Å². The standard InChI is InChI=1S/C25H23N3O4S2/c1-17-10-11-18(16-23(17)34(30,31)28-12-14-32-15-13-28)24(29)26-20-7-3-2-6-19(20)25-27-21-8-4-5-9-22(21)33-25/h2-11,16H,12-15H2,1H3,(H,26,29). The van der Waals surface area contributed by atoms with E-state index in [1.54, 1.807) is 30.4 Å². The number of morpholine rings is 1. The second kappa shape index (κ2) is 9.27. The van der Waals surface area contributed by atoms with E-state index in [2.05, 4.69) is 5.32 Å². The van der Waals surface area contributed by atoms with E-state index in [4.69, 9.17) is 9.72 Å². The largest absolute Gasteiger partial charge is 0.379 e. The minimum Gasteiger partial charge on any atom is -0.379 e. The van der Waals surface area contributed by atoms with Crippen LogP contribution in [0, 0.1) is 6.92 Å². The smallest absolute Gasteiger partial charge is 0.255 e. The van der Waals surface area contributed by atoms with Gasteiger partial charge in [0.05, 0.1) is 34.0 Å². The predicted molar refractivity (Wildman–Crippen MR) is 134 cm³/mol. The molecule has 34 heavy (non-hydrogen) atoms. The summed E-state index contributed by atoms with van der Waals surface area (Å²) in [4.78, 5) is 18.0. The van der Waals surface area contributed by atoms with E-state index in [0.717, 1.165) is 20.8 Å². The SMILES string of the molecule is Cc1ccc(C(=O)Nc2ccccc2-c2nc3ccccc3s2)cc1S(=O)(=O)N1CCOCC1. The minimum atomic E-state index is -3.72. The fraction of sp³-hybridized carbons (Fsp3) is 0.200. The Labute approximate surface area is 202 Å². The molecule has 1 aliphatic rings. The van der Waals surface area contributed by atoms with E-state index < -0.39 is 10.0 Å². The van der Waals surface area contributed by atoms with E-state index in [1.165, 1.54) is 10.4 Å². The van der Waals surface area contributed by atoms with Crippen molar-refractivity contribution in [1.82, 2.24) is 9.29 Å². The third kappa shape index (κ3) is 4.35. The van der Waals surface area contributed by atoms with E-state index in [0.29, 0.717) is 37.6 Å². The summed E-state index contributed by atoms with van der Waals surface area (Å²) in [5, 5.41) is 3.75. The first-order chi connectivity index (χ1) is 16.4. The second-order valence-electron chi connectivity index (χ2n) is 7.98. The molecule has 1 fully saturated rings. The molecule has 174 valence electrons. The number of para-hydroxylation sites is 2. The number of hydrogen-bond donors (Lipinski definition) is 1. The zero-order valence-corrected chi connectivity index (χ0v) is 20.2. The Morgan fingerprint density at radius 3 is 2.56 bits per heavy atom. The number of benzene rings is 3. The number of sulfonamides is 1. The highest BCUT2D eigenvalue weighted by molar-refractivity contribution is 7.89. The number of carbonyl (C=O) groups is 1. The summed E-state index contributed by atoms with van der Waals surface area (Å²) < 4.78 is 34.1. The highest BCUT2D eigenvalue weighted by Crippen LogP contribution is 2.34.